The molecule has 0 aliphatic rings. The Hall–Kier alpha value is -3.58. The summed E-state index contributed by atoms with van der Waals surface area (Å²) < 4.78 is 18.2. The number of ether oxygens (including phenoxy) is 3. The zero-order valence-corrected chi connectivity index (χ0v) is 17.3. The first kappa shape index (κ1) is 19.7. The van der Waals surface area contributed by atoms with Crippen molar-refractivity contribution in [2.24, 2.45) is 0 Å². The summed E-state index contributed by atoms with van der Waals surface area (Å²) in [4.78, 5) is 9.13. The second-order valence-electron chi connectivity index (χ2n) is 6.70. The van der Waals surface area contributed by atoms with Crippen molar-refractivity contribution in [3.63, 3.8) is 0 Å². The minimum atomic E-state index is 0.490. The lowest BCUT2D eigenvalue weighted by Crippen LogP contribution is -2.02. The van der Waals surface area contributed by atoms with Crippen LogP contribution in [0.4, 0.5) is 11.6 Å². The summed E-state index contributed by atoms with van der Waals surface area (Å²) in [6.45, 7) is 1.42. The van der Waals surface area contributed by atoms with E-state index in [1.165, 1.54) is 0 Å². The van der Waals surface area contributed by atoms with Gasteiger partial charge in [-0.3, -0.25) is 0 Å². The molecule has 1 N–H and O–H groups in total. The summed E-state index contributed by atoms with van der Waals surface area (Å²) in [5, 5.41) is 4.38. The number of methoxy groups -OCH3 is 3. The van der Waals surface area contributed by atoms with Crippen LogP contribution in [0.2, 0.25) is 0 Å². The van der Waals surface area contributed by atoms with Crippen LogP contribution in [-0.4, -0.2) is 42.5 Å². The zero-order chi connectivity index (χ0) is 20.9. The molecule has 0 radical (unpaired) electrons. The first-order valence-corrected chi connectivity index (χ1v) is 9.62. The summed E-state index contributed by atoms with van der Waals surface area (Å²) in [5.74, 6) is 1.86. The van der Waals surface area contributed by atoms with Gasteiger partial charge in [0.15, 0.2) is 0 Å². The van der Waals surface area contributed by atoms with Gasteiger partial charge in [-0.2, -0.15) is 0 Å². The normalized spacial score (nSPS) is 10.9. The number of aromatic nitrogens is 3. The van der Waals surface area contributed by atoms with Gasteiger partial charge in [-0.1, -0.05) is 18.2 Å². The fourth-order valence-electron chi connectivity index (χ4n) is 3.42. The molecule has 4 aromatic rings. The molecule has 4 rings (SSSR count). The molecule has 0 aliphatic heterocycles. The monoisotopic (exact) mass is 404 g/mol. The van der Waals surface area contributed by atoms with E-state index in [4.69, 9.17) is 19.2 Å². The van der Waals surface area contributed by atoms with E-state index in [9.17, 15) is 0 Å². The molecular weight excluding hydrogens is 380 g/mol. The highest BCUT2D eigenvalue weighted by Gasteiger charge is 2.13. The van der Waals surface area contributed by atoms with E-state index in [-0.39, 0.29) is 0 Å². The second-order valence-corrected chi connectivity index (χ2v) is 6.70. The second kappa shape index (κ2) is 8.84. The minimum Gasteiger partial charge on any atom is -0.497 e. The minimum absolute atomic E-state index is 0.490. The molecule has 154 valence electrons. The Morgan fingerprint density at radius 1 is 1.00 bits per heavy atom. The fourth-order valence-corrected chi connectivity index (χ4v) is 3.42. The van der Waals surface area contributed by atoms with Crippen LogP contribution < -0.4 is 14.8 Å². The summed E-state index contributed by atoms with van der Waals surface area (Å²) in [6, 6.07) is 15.8. The Bertz CT molecular complexity index is 1160. The number of hydrogen-bond acceptors (Lipinski definition) is 6. The Kier molecular flexibility index (Phi) is 5.81. The topological polar surface area (TPSA) is 70.4 Å². The molecular formula is C23H24N4O3. The Balaban J connectivity index is 1.69. The van der Waals surface area contributed by atoms with Gasteiger partial charge in [0.1, 0.15) is 11.5 Å². The van der Waals surface area contributed by atoms with E-state index in [2.05, 4.69) is 33.2 Å². The van der Waals surface area contributed by atoms with Crippen molar-refractivity contribution in [2.45, 2.75) is 6.54 Å². The van der Waals surface area contributed by atoms with Gasteiger partial charge in [-0.15, -0.1) is 0 Å². The third kappa shape index (κ3) is 3.92. The number of nitrogens with one attached hydrogen (secondary N) is 1. The number of nitrogens with zero attached hydrogens (tertiary/aromatic N) is 3. The maximum atomic E-state index is 5.46. The van der Waals surface area contributed by atoms with Gasteiger partial charge < -0.3 is 24.1 Å². The highest BCUT2D eigenvalue weighted by molar-refractivity contribution is 5.95. The van der Waals surface area contributed by atoms with Gasteiger partial charge in [0.2, 0.25) is 5.95 Å². The predicted molar refractivity (Wildman–Crippen MR) is 118 cm³/mol. The number of rotatable bonds is 8. The lowest BCUT2D eigenvalue weighted by molar-refractivity contribution is 0.188. The Morgan fingerprint density at radius 2 is 1.87 bits per heavy atom. The molecule has 2 aromatic heterocycles. The van der Waals surface area contributed by atoms with E-state index in [1.54, 1.807) is 27.5 Å². The van der Waals surface area contributed by atoms with Crippen LogP contribution in [-0.2, 0) is 11.3 Å². The van der Waals surface area contributed by atoms with Crippen molar-refractivity contribution in [1.29, 1.82) is 0 Å². The van der Waals surface area contributed by atoms with Gasteiger partial charge in [-0.25, -0.2) is 9.97 Å². The number of anilines is 2. The molecule has 7 heteroatoms. The van der Waals surface area contributed by atoms with E-state index < -0.39 is 0 Å². The quantitative estimate of drug-likeness (QED) is 0.466. The van der Waals surface area contributed by atoms with Crippen LogP contribution in [0.3, 0.4) is 0 Å². The molecule has 0 bridgehead atoms. The third-order valence-corrected chi connectivity index (χ3v) is 4.91. The average molecular weight is 404 g/mol. The molecule has 0 saturated carbocycles. The molecule has 0 spiro atoms. The molecule has 0 amide bonds. The highest BCUT2D eigenvalue weighted by Crippen LogP contribution is 2.32. The van der Waals surface area contributed by atoms with Crippen molar-refractivity contribution in [3.05, 3.63) is 60.9 Å². The standard InChI is InChI=1S/C23H24N4O3/c1-28-13-12-27-15-18(17-6-4-5-7-21(17)27)19-10-11-24-23(25-19)26-20-9-8-16(29-2)14-22(20)30-3/h4-11,14-15H,12-13H2,1-3H3,(H,24,25,26). The largest absolute Gasteiger partial charge is 0.497 e. The van der Waals surface area contributed by atoms with Crippen LogP contribution in [0.5, 0.6) is 11.5 Å². The van der Waals surface area contributed by atoms with Crippen molar-refractivity contribution >= 4 is 22.5 Å². The van der Waals surface area contributed by atoms with Gasteiger partial charge in [0.05, 0.1) is 32.2 Å². The average Bonchev–Trinajstić information content (AvgIpc) is 3.17. The molecule has 7 nitrogen and oxygen atoms in total. The van der Waals surface area contributed by atoms with E-state index in [0.717, 1.165) is 40.1 Å². The number of para-hydroxylation sites is 1. The van der Waals surface area contributed by atoms with Gasteiger partial charge in [-0.05, 0) is 24.3 Å². The van der Waals surface area contributed by atoms with Crippen LogP contribution >= 0.6 is 0 Å². The van der Waals surface area contributed by atoms with Crippen LogP contribution in [0.1, 0.15) is 0 Å². The van der Waals surface area contributed by atoms with E-state index >= 15 is 0 Å². The smallest absolute Gasteiger partial charge is 0.227 e. The fraction of sp³-hybridized carbons (Fsp3) is 0.217. The number of hydrogen-bond donors (Lipinski definition) is 1. The molecule has 30 heavy (non-hydrogen) atoms. The van der Waals surface area contributed by atoms with Crippen LogP contribution in [0, 0.1) is 0 Å². The molecule has 0 saturated heterocycles. The maximum Gasteiger partial charge on any atom is 0.227 e. The van der Waals surface area contributed by atoms with Crippen LogP contribution in [0.15, 0.2) is 60.9 Å². The van der Waals surface area contributed by atoms with E-state index in [1.807, 2.05) is 36.4 Å². The number of fused-ring (bicyclic) bond motifs is 1. The van der Waals surface area contributed by atoms with Gasteiger partial charge >= 0.3 is 0 Å². The highest BCUT2D eigenvalue weighted by atomic mass is 16.5. The lowest BCUT2D eigenvalue weighted by Gasteiger charge is -2.12. The molecule has 0 fully saturated rings. The Morgan fingerprint density at radius 3 is 2.67 bits per heavy atom. The van der Waals surface area contributed by atoms with Gasteiger partial charge in [0.25, 0.3) is 0 Å². The third-order valence-electron chi connectivity index (χ3n) is 4.91. The summed E-state index contributed by atoms with van der Waals surface area (Å²) in [6.07, 6.45) is 3.87. The molecule has 0 aliphatic carbocycles. The van der Waals surface area contributed by atoms with Crippen molar-refractivity contribution < 1.29 is 14.2 Å². The van der Waals surface area contributed by atoms with Crippen molar-refractivity contribution in [1.82, 2.24) is 14.5 Å². The molecule has 0 unspecified atom stereocenters. The lowest BCUT2D eigenvalue weighted by atomic mass is 10.1. The van der Waals surface area contributed by atoms with Crippen molar-refractivity contribution in [2.75, 3.05) is 33.3 Å². The maximum absolute atomic E-state index is 5.46. The number of benzene rings is 2. The Labute approximate surface area is 175 Å². The molecule has 2 aromatic carbocycles. The van der Waals surface area contributed by atoms with Gasteiger partial charge in [0, 0.05) is 48.6 Å². The zero-order valence-electron chi connectivity index (χ0n) is 17.3. The molecule has 0 atom stereocenters. The predicted octanol–water partition coefficient (Wildman–Crippen LogP) is 4.51. The summed E-state index contributed by atoms with van der Waals surface area (Å²) in [7, 11) is 4.95. The SMILES string of the molecule is COCCn1cc(-c2ccnc(Nc3ccc(OC)cc3OC)n2)c2ccccc21. The van der Waals surface area contributed by atoms with E-state index in [0.29, 0.717) is 18.3 Å². The molecule has 2 heterocycles. The summed E-state index contributed by atoms with van der Waals surface area (Å²) in [5.41, 5.74) is 3.80. The van der Waals surface area contributed by atoms with Crippen molar-refractivity contribution in [3.8, 4) is 22.8 Å². The first-order chi connectivity index (χ1) is 14.7. The van der Waals surface area contributed by atoms with Crippen LogP contribution in [0.25, 0.3) is 22.2 Å². The first-order valence-electron chi connectivity index (χ1n) is 9.62. The summed E-state index contributed by atoms with van der Waals surface area (Å²) >= 11 is 0.